The van der Waals surface area contributed by atoms with E-state index in [1.54, 1.807) is 0 Å². The summed E-state index contributed by atoms with van der Waals surface area (Å²) in [5.41, 5.74) is 1.90. The number of nitrogens with one attached hydrogen (secondary N) is 1. The Morgan fingerprint density at radius 2 is 1.63 bits per heavy atom. The van der Waals surface area contributed by atoms with Crippen LogP contribution < -0.4 is 10.1 Å². The Balaban J connectivity index is 1.97. The third-order valence-electron chi connectivity index (χ3n) is 4.85. The number of aliphatic carboxylic acids is 1. The van der Waals surface area contributed by atoms with Gasteiger partial charge in [0.2, 0.25) is 5.91 Å². The molecule has 0 radical (unpaired) electrons. The molecule has 30 heavy (non-hydrogen) atoms. The number of carbonyl (C=O) groups excluding carboxylic acids is 1. The Hall–Kier alpha value is -2.86. The monoisotopic (exact) mass is 412 g/mol. The summed E-state index contributed by atoms with van der Waals surface area (Å²) in [6, 6.07) is 15.8. The molecule has 0 saturated heterocycles. The summed E-state index contributed by atoms with van der Waals surface area (Å²) in [6.45, 7) is 4.55. The van der Waals surface area contributed by atoms with Crippen molar-refractivity contribution in [1.82, 2.24) is 10.2 Å². The maximum atomic E-state index is 12.7. The molecule has 0 aromatic heterocycles. The van der Waals surface area contributed by atoms with Crippen molar-refractivity contribution in [2.24, 2.45) is 5.92 Å². The van der Waals surface area contributed by atoms with E-state index in [-0.39, 0.29) is 18.4 Å². The number of carboxylic acid groups (broad SMARTS) is 1. The van der Waals surface area contributed by atoms with Crippen LogP contribution in [0.15, 0.2) is 54.6 Å². The molecule has 0 aliphatic heterocycles. The molecule has 0 bridgehead atoms. The number of benzene rings is 2. The fraction of sp³-hybridized carbons (Fsp3) is 0.417. The third-order valence-corrected chi connectivity index (χ3v) is 4.85. The zero-order valence-electron chi connectivity index (χ0n) is 18.2. The number of hydrogen-bond acceptors (Lipinski definition) is 4. The van der Waals surface area contributed by atoms with E-state index in [1.165, 1.54) is 0 Å². The van der Waals surface area contributed by atoms with Crippen molar-refractivity contribution < 1.29 is 19.4 Å². The quantitative estimate of drug-likeness (QED) is 0.592. The lowest BCUT2D eigenvalue weighted by Crippen LogP contribution is -2.51. The molecule has 6 nitrogen and oxygen atoms in total. The molecule has 2 atom stereocenters. The molecule has 6 heteroatoms. The molecule has 2 aromatic carbocycles. The second-order valence-corrected chi connectivity index (χ2v) is 8.13. The van der Waals surface area contributed by atoms with Crippen molar-refractivity contribution in [2.45, 2.75) is 45.4 Å². The minimum Gasteiger partial charge on any atom is -0.489 e. The number of rotatable bonds is 11. The van der Waals surface area contributed by atoms with E-state index in [4.69, 9.17) is 4.74 Å². The number of carboxylic acids is 1. The van der Waals surface area contributed by atoms with Crippen molar-refractivity contribution in [2.75, 3.05) is 14.1 Å². The minimum absolute atomic E-state index is 0.210. The highest BCUT2D eigenvalue weighted by molar-refractivity contribution is 5.87. The van der Waals surface area contributed by atoms with Crippen LogP contribution in [0, 0.1) is 5.92 Å². The molecule has 0 aliphatic carbocycles. The number of nitrogens with zero attached hydrogens (tertiary/aromatic N) is 1. The maximum Gasteiger partial charge on any atom is 0.326 e. The first-order valence-corrected chi connectivity index (χ1v) is 10.2. The summed E-state index contributed by atoms with van der Waals surface area (Å²) in [5, 5.41) is 12.3. The van der Waals surface area contributed by atoms with Crippen LogP contribution in [0.2, 0.25) is 0 Å². The molecule has 0 fully saturated rings. The first-order chi connectivity index (χ1) is 14.3. The van der Waals surface area contributed by atoms with Crippen LogP contribution in [0.4, 0.5) is 0 Å². The number of carbonyl (C=O) groups is 2. The first-order valence-electron chi connectivity index (χ1n) is 10.2. The van der Waals surface area contributed by atoms with E-state index in [2.05, 4.69) is 5.32 Å². The molecule has 0 spiro atoms. The number of amides is 1. The van der Waals surface area contributed by atoms with Gasteiger partial charge in [-0.05, 0) is 49.7 Å². The summed E-state index contributed by atoms with van der Waals surface area (Å²) < 4.78 is 5.77. The van der Waals surface area contributed by atoms with Crippen LogP contribution in [0.1, 0.15) is 31.4 Å². The molecule has 162 valence electrons. The molecule has 0 saturated carbocycles. The molecular weight excluding hydrogens is 380 g/mol. The molecular formula is C24H32N2O4. The van der Waals surface area contributed by atoms with Gasteiger partial charge in [0.1, 0.15) is 18.4 Å². The van der Waals surface area contributed by atoms with Crippen molar-refractivity contribution >= 4 is 11.9 Å². The molecule has 0 heterocycles. The Bertz CT molecular complexity index is 804. The van der Waals surface area contributed by atoms with Crippen LogP contribution in [-0.2, 0) is 22.6 Å². The Labute approximate surface area is 178 Å². The van der Waals surface area contributed by atoms with Gasteiger partial charge in [0.15, 0.2) is 0 Å². The lowest BCUT2D eigenvalue weighted by atomic mass is 10.0. The predicted octanol–water partition coefficient (Wildman–Crippen LogP) is 3.35. The van der Waals surface area contributed by atoms with E-state index in [1.807, 2.05) is 87.4 Å². The average molecular weight is 413 g/mol. The molecule has 0 unspecified atom stereocenters. The lowest BCUT2D eigenvalue weighted by molar-refractivity contribution is -0.142. The third kappa shape index (κ3) is 7.52. The summed E-state index contributed by atoms with van der Waals surface area (Å²) in [4.78, 5) is 26.2. The Kier molecular flexibility index (Phi) is 8.87. The normalized spacial score (nSPS) is 13.1. The molecule has 2 rings (SSSR count). The minimum atomic E-state index is -1.05. The standard InChI is InChI=1S/C24H32N2O4/c1-17(2)14-22(26(3)4)23(27)25-21(24(28)29)15-18-10-12-20(13-11-18)30-16-19-8-6-5-7-9-19/h5-13,17,21-22H,14-16H2,1-4H3,(H,25,27)(H,28,29)/t21-,22-/m0/s1. The number of ether oxygens (including phenoxy) is 1. The van der Waals surface area contributed by atoms with Gasteiger partial charge in [-0.15, -0.1) is 0 Å². The second kappa shape index (κ2) is 11.4. The first kappa shape index (κ1) is 23.4. The van der Waals surface area contributed by atoms with Crippen LogP contribution in [0.25, 0.3) is 0 Å². The summed E-state index contributed by atoms with van der Waals surface area (Å²) in [6.07, 6.45) is 0.875. The molecule has 1 amide bonds. The maximum absolute atomic E-state index is 12.7. The van der Waals surface area contributed by atoms with Crippen LogP contribution >= 0.6 is 0 Å². The van der Waals surface area contributed by atoms with Gasteiger partial charge in [-0.25, -0.2) is 4.79 Å². The van der Waals surface area contributed by atoms with Crippen molar-refractivity contribution in [3.63, 3.8) is 0 Å². The highest BCUT2D eigenvalue weighted by Crippen LogP contribution is 2.16. The van der Waals surface area contributed by atoms with E-state index in [0.29, 0.717) is 24.7 Å². The fourth-order valence-electron chi connectivity index (χ4n) is 3.17. The zero-order chi connectivity index (χ0) is 22.1. The highest BCUT2D eigenvalue weighted by atomic mass is 16.5. The van der Waals surface area contributed by atoms with Gasteiger partial charge in [0.05, 0.1) is 6.04 Å². The summed E-state index contributed by atoms with van der Waals surface area (Å²) >= 11 is 0. The van der Waals surface area contributed by atoms with Crippen LogP contribution in [-0.4, -0.2) is 48.1 Å². The summed E-state index contributed by atoms with van der Waals surface area (Å²) in [5.74, 6) is -0.267. The van der Waals surface area contributed by atoms with E-state index in [9.17, 15) is 14.7 Å². The predicted molar refractivity (Wildman–Crippen MR) is 117 cm³/mol. The van der Waals surface area contributed by atoms with Gasteiger partial charge >= 0.3 is 5.97 Å². The second-order valence-electron chi connectivity index (χ2n) is 8.13. The fourth-order valence-corrected chi connectivity index (χ4v) is 3.17. The summed E-state index contributed by atoms with van der Waals surface area (Å²) in [7, 11) is 3.66. The zero-order valence-corrected chi connectivity index (χ0v) is 18.2. The lowest BCUT2D eigenvalue weighted by Gasteiger charge is -2.26. The smallest absolute Gasteiger partial charge is 0.326 e. The van der Waals surface area contributed by atoms with Crippen LogP contribution in [0.5, 0.6) is 5.75 Å². The number of hydrogen-bond donors (Lipinski definition) is 2. The highest BCUT2D eigenvalue weighted by Gasteiger charge is 2.27. The Morgan fingerprint density at radius 1 is 1.00 bits per heavy atom. The van der Waals surface area contributed by atoms with Gasteiger partial charge < -0.3 is 15.2 Å². The van der Waals surface area contributed by atoms with Crippen molar-refractivity contribution in [3.8, 4) is 5.75 Å². The average Bonchev–Trinajstić information content (AvgIpc) is 2.71. The largest absolute Gasteiger partial charge is 0.489 e. The SMILES string of the molecule is CC(C)C[C@@H](C(=O)N[C@@H](Cc1ccc(OCc2ccccc2)cc1)C(=O)O)N(C)C. The van der Waals surface area contributed by atoms with Crippen LogP contribution in [0.3, 0.4) is 0 Å². The molecule has 0 aliphatic rings. The van der Waals surface area contributed by atoms with Gasteiger partial charge in [0, 0.05) is 6.42 Å². The molecule has 2 aromatic rings. The van der Waals surface area contributed by atoms with Gasteiger partial charge in [-0.2, -0.15) is 0 Å². The molecule has 2 N–H and O–H groups in total. The van der Waals surface area contributed by atoms with Gasteiger partial charge in [-0.3, -0.25) is 9.69 Å². The van der Waals surface area contributed by atoms with Crippen molar-refractivity contribution in [3.05, 3.63) is 65.7 Å². The van der Waals surface area contributed by atoms with E-state index in [0.717, 1.165) is 11.1 Å². The number of likely N-dealkylation sites (N-methyl/N-ethyl adjacent to an activating group) is 1. The Morgan fingerprint density at radius 3 is 2.17 bits per heavy atom. The van der Waals surface area contributed by atoms with E-state index >= 15 is 0 Å². The van der Waals surface area contributed by atoms with Gasteiger partial charge in [0.25, 0.3) is 0 Å². The topological polar surface area (TPSA) is 78.9 Å². The van der Waals surface area contributed by atoms with Gasteiger partial charge in [-0.1, -0.05) is 56.3 Å². The van der Waals surface area contributed by atoms with Crippen molar-refractivity contribution in [1.29, 1.82) is 0 Å². The van der Waals surface area contributed by atoms with E-state index < -0.39 is 12.0 Å².